The van der Waals surface area contributed by atoms with Crippen molar-refractivity contribution in [1.82, 2.24) is 5.32 Å². The molecule has 17 heavy (non-hydrogen) atoms. The Balaban J connectivity index is 2.62. The first kappa shape index (κ1) is 14.2. The molecule has 0 bridgehead atoms. The Morgan fingerprint density at radius 2 is 2.18 bits per heavy atom. The molecule has 1 N–H and O–H groups in total. The molecule has 0 aliphatic heterocycles. The van der Waals surface area contributed by atoms with Crippen molar-refractivity contribution in [3.05, 3.63) is 22.4 Å². The second-order valence-corrected chi connectivity index (χ2v) is 5.59. The molecule has 0 aliphatic rings. The van der Waals surface area contributed by atoms with E-state index in [1.165, 1.54) is 12.0 Å². The number of nitrogens with one attached hydrogen (secondary N) is 1. The van der Waals surface area contributed by atoms with Gasteiger partial charge in [0, 0.05) is 10.9 Å². The van der Waals surface area contributed by atoms with Gasteiger partial charge in [-0.15, -0.1) is 11.3 Å². The third kappa shape index (κ3) is 4.48. The van der Waals surface area contributed by atoms with E-state index in [0.717, 1.165) is 6.42 Å². The van der Waals surface area contributed by atoms with E-state index in [9.17, 15) is 4.79 Å². The lowest BCUT2D eigenvalue weighted by atomic mass is 10.0. The van der Waals surface area contributed by atoms with Gasteiger partial charge in [0.05, 0.1) is 7.11 Å². The van der Waals surface area contributed by atoms with Gasteiger partial charge in [-0.2, -0.15) is 0 Å². The molecule has 0 saturated carbocycles. The van der Waals surface area contributed by atoms with Crippen molar-refractivity contribution in [2.45, 2.75) is 39.3 Å². The van der Waals surface area contributed by atoms with E-state index in [2.05, 4.69) is 32.2 Å². The SMILES string of the molecule is COC(=O)C(CC(C)C)NC(C)c1cccs1. The second kappa shape index (κ2) is 6.77. The first-order chi connectivity index (χ1) is 8.04. The fourth-order valence-corrected chi connectivity index (χ4v) is 2.51. The van der Waals surface area contributed by atoms with Crippen LogP contribution in [-0.4, -0.2) is 19.1 Å². The molecule has 0 spiro atoms. The predicted molar refractivity (Wildman–Crippen MR) is 71.1 cm³/mol. The summed E-state index contributed by atoms with van der Waals surface area (Å²) in [4.78, 5) is 12.9. The topological polar surface area (TPSA) is 38.3 Å². The summed E-state index contributed by atoms with van der Waals surface area (Å²) in [7, 11) is 1.44. The largest absolute Gasteiger partial charge is 0.468 e. The average molecular weight is 255 g/mol. The first-order valence-corrected chi connectivity index (χ1v) is 6.79. The maximum atomic E-state index is 11.7. The van der Waals surface area contributed by atoms with E-state index in [1.54, 1.807) is 11.3 Å². The maximum Gasteiger partial charge on any atom is 0.322 e. The van der Waals surface area contributed by atoms with E-state index >= 15 is 0 Å². The van der Waals surface area contributed by atoms with Crippen LogP contribution in [0.2, 0.25) is 0 Å². The Hall–Kier alpha value is -0.870. The van der Waals surface area contributed by atoms with Gasteiger partial charge in [0.1, 0.15) is 6.04 Å². The van der Waals surface area contributed by atoms with E-state index in [4.69, 9.17) is 4.74 Å². The molecule has 3 nitrogen and oxygen atoms in total. The summed E-state index contributed by atoms with van der Waals surface area (Å²) in [5.74, 6) is 0.282. The third-order valence-corrected chi connectivity index (χ3v) is 3.67. The molecule has 0 fully saturated rings. The lowest BCUT2D eigenvalue weighted by molar-refractivity contribution is -0.143. The lowest BCUT2D eigenvalue weighted by Gasteiger charge is -2.22. The van der Waals surface area contributed by atoms with Gasteiger partial charge in [0.2, 0.25) is 0 Å². The third-order valence-electron chi connectivity index (χ3n) is 2.61. The van der Waals surface area contributed by atoms with Crippen LogP contribution in [0.25, 0.3) is 0 Å². The van der Waals surface area contributed by atoms with Crippen molar-refractivity contribution in [1.29, 1.82) is 0 Å². The number of carbonyl (C=O) groups excluding carboxylic acids is 1. The molecule has 4 heteroatoms. The molecule has 96 valence electrons. The van der Waals surface area contributed by atoms with Crippen LogP contribution in [0.4, 0.5) is 0 Å². The van der Waals surface area contributed by atoms with E-state index < -0.39 is 0 Å². The normalized spacial score (nSPS) is 14.6. The number of esters is 1. The molecule has 0 saturated heterocycles. The molecule has 0 aromatic carbocycles. The lowest BCUT2D eigenvalue weighted by Crippen LogP contribution is -2.39. The van der Waals surface area contributed by atoms with Gasteiger partial charge in [-0.25, -0.2) is 0 Å². The van der Waals surface area contributed by atoms with Crippen LogP contribution in [0.3, 0.4) is 0 Å². The van der Waals surface area contributed by atoms with Crippen LogP contribution in [0.5, 0.6) is 0 Å². The Labute approximate surface area is 107 Å². The van der Waals surface area contributed by atoms with E-state index in [0.29, 0.717) is 5.92 Å². The summed E-state index contributed by atoms with van der Waals surface area (Å²) in [5, 5.41) is 5.38. The van der Waals surface area contributed by atoms with Crippen LogP contribution in [-0.2, 0) is 9.53 Å². The minimum atomic E-state index is -0.225. The van der Waals surface area contributed by atoms with Gasteiger partial charge in [-0.1, -0.05) is 19.9 Å². The van der Waals surface area contributed by atoms with Crippen LogP contribution < -0.4 is 5.32 Å². The Morgan fingerprint density at radius 3 is 2.65 bits per heavy atom. The molecule has 2 atom stereocenters. The standard InChI is InChI=1S/C13H21NO2S/c1-9(2)8-11(13(15)16-4)14-10(3)12-6-5-7-17-12/h5-7,9-11,14H,8H2,1-4H3. The van der Waals surface area contributed by atoms with Gasteiger partial charge in [-0.3, -0.25) is 10.1 Å². The summed E-state index contributed by atoms with van der Waals surface area (Å²) in [6.45, 7) is 6.28. The Morgan fingerprint density at radius 1 is 1.47 bits per heavy atom. The van der Waals surface area contributed by atoms with Crippen LogP contribution in [0.15, 0.2) is 17.5 Å². The van der Waals surface area contributed by atoms with E-state index in [-0.39, 0.29) is 18.1 Å². The smallest absolute Gasteiger partial charge is 0.322 e. The van der Waals surface area contributed by atoms with Gasteiger partial charge in [0.25, 0.3) is 0 Å². The average Bonchev–Trinajstić information content (AvgIpc) is 2.79. The molecule has 1 rings (SSSR count). The zero-order chi connectivity index (χ0) is 12.8. The molecule has 2 unspecified atom stereocenters. The summed E-state index contributed by atoms with van der Waals surface area (Å²) in [5.41, 5.74) is 0. The van der Waals surface area contributed by atoms with Crippen molar-refractivity contribution in [3.8, 4) is 0 Å². The highest BCUT2D eigenvalue weighted by Gasteiger charge is 2.22. The molecule has 1 heterocycles. The molecule has 0 aliphatic carbocycles. The number of rotatable bonds is 6. The number of carbonyl (C=O) groups is 1. The first-order valence-electron chi connectivity index (χ1n) is 5.91. The minimum Gasteiger partial charge on any atom is -0.468 e. The fraction of sp³-hybridized carbons (Fsp3) is 0.615. The van der Waals surface area contributed by atoms with Crippen molar-refractivity contribution in [2.75, 3.05) is 7.11 Å². The summed E-state index contributed by atoms with van der Waals surface area (Å²) < 4.78 is 4.83. The molecule has 1 aromatic heterocycles. The van der Waals surface area contributed by atoms with Gasteiger partial charge in [0.15, 0.2) is 0 Å². The molecule has 0 amide bonds. The van der Waals surface area contributed by atoms with Gasteiger partial charge >= 0.3 is 5.97 Å². The molecular formula is C13H21NO2S. The second-order valence-electron chi connectivity index (χ2n) is 4.61. The summed E-state index contributed by atoms with van der Waals surface area (Å²) >= 11 is 1.70. The number of methoxy groups -OCH3 is 1. The highest BCUT2D eigenvalue weighted by atomic mass is 32.1. The van der Waals surface area contributed by atoms with Gasteiger partial charge < -0.3 is 4.74 Å². The van der Waals surface area contributed by atoms with E-state index in [1.807, 2.05) is 11.4 Å². The molecular weight excluding hydrogens is 234 g/mol. The number of ether oxygens (including phenoxy) is 1. The van der Waals surface area contributed by atoms with Crippen LogP contribution in [0, 0.1) is 5.92 Å². The van der Waals surface area contributed by atoms with Gasteiger partial charge in [-0.05, 0) is 30.7 Å². The number of hydrogen-bond donors (Lipinski definition) is 1. The van der Waals surface area contributed by atoms with Crippen molar-refractivity contribution < 1.29 is 9.53 Å². The van der Waals surface area contributed by atoms with Crippen molar-refractivity contribution >= 4 is 17.3 Å². The number of hydrogen-bond acceptors (Lipinski definition) is 4. The predicted octanol–water partition coefficient (Wildman–Crippen LogP) is 2.99. The fourth-order valence-electron chi connectivity index (χ4n) is 1.77. The van der Waals surface area contributed by atoms with Crippen LogP contribution in [0.1, 0.15) is 38.1 Å². The molecule has 1 aromatic rings. The highest BCUT2D eigenvalue weighted by Crippen LogP contribution is 2.20. The van der Waals surface area contributed by atoms with Crippen LogP contribution >= 0.6 is 11.3 Å². The zero-order valence-corrected chi connectivity index (χ0v) is 11.7. The quantitative estimate of drug-likeness (QED) is 0.794. The maximum absolute atomic E-state index is 11.7. The minimum absolute atomic E-state index is 0.179. The van der Waals surface area contributed by atoms with Crippen molar-refractivity contribution in [2.24, 2.45) is 5.92 Å². The monoisotopic (exact) mass is 255 g/mol. The highest BCUT2D eigenvalue weighted by molar-refractivity contribution is 7.10. The summed E-state index contributed by atoms with van der Waals surface area (Å²) in [6, 6.07) is 4.05. The zero-order valence-electron chi connectivity index (χ0n) is 10.9. The Kier molecular flexibility index (Phi) is 5.65. The molecule has 0 radical (unpaired) electrons. The van der Waals surface area contributed by atoms with Crippen molar-refractivity contribution in [3.63, 3.8) is 0 Å². The number of thiophene rings is 1. The Bertz CT molecular complexity index is 335. The summed E-state index contributed by atoms with van der Waals surface area (Å²) in [6.07, 6.45) is 0.794.